The summed E-state index contributed by atoms with van der Waals surface area (Å²) in [5, 5.41) is 25.6. The van der Waals surface area contributed by atoms with Crippen molar-refractivity contribution in [3.8, 4) is 0 Å². The van der Waals surface area contributed by atoms with Gasteiger partial charge in [0.05, 0.1) is 0 Å². The Hall–Kier alpha value is -3.79. The van der Waals surface area contributed by atoms with Gasteiger partial charge in [0.25, 0.3) is 11.8 Å². The Morgan fingerprint density at radius 3 is 2.75 bits per heavy atom. The molecule has 14 nitrogen and oxygen atoms in total. The van der Waals surface area contributed by atoms with Gasteiger partial charge in [-0.1, -0.05) is 17.8 Å². The topological polar surface area (TPSA) is 200 Å². The number of β-lactam (4-membered cyclic amide) rings is 1. The molecule has 2 aliphatic heterocycles. The van der Waals surface area contributed by atoms with E-state index in [-0.39, 0.29) is 22.4 Å². The number of hydrogen-bond acceptors (Lipinski definition) is 11. The van der Waals surface area contributed by atoms with Crippen molar-refractivity contribution < 1.29 is 39.0 Å². The van der Waals surface area contributed by atoms with Gasteiger partial charge >= 0.3 is 11.9 Å². The summed E-state index contributed by atoms with van der Waals surface area (Å²) >= 11 is 1.96. The number of thioether (sulfide) groups is 1. The van der Waals surface area contributed by atoms with Crippen LogP contribution in [0, 0.1) is 0 Å². The van der Waals surface area contributed by atoms with Crippen LogP contribution in [0.1, 0.15) is 5.82 Å². The lowest BCUT2D eigenvalue weighted by Crippen LogP contribution is -2.71. The highest BCUT2D eigenvalue weighted by Crippen LogP contribution is 2.40. The van der Waals surface area contributed by atoms with Crippen LogP contribution < -0.4 is 10.6 Å². The number of carbonyl (C=O) groups is 5. The lowest BCUT2D eigenvalue weighted by Gasteiger charge is -2.49. The van der Waals surface area contributed by atoms with Crippen molar-refractivity contribution in [1.29, 1.82) is 0 Å². The SMILES string of the molecule is C=CC1=C(C(=O)O)N2C(=O)C(NC(=O)C(=NOCC(=O)O)c3nsc(NC=O)n3)[C@H]2SC1. The van der Waals surface area contributed by atoms with Crippen LogP contribution in [-0.4, -0.2) is 84.1 Å². The van der Waals surface area contributed by atoms with Crippen molar-refractivity contribution in [2.24, 2.45) is 5.16 Å². The number of anilines is 1. The third kappa shape index (κ3) is 4.45. The van der Waals surface area contributed by atoms with Gasteiger partial charge in [0.1, 0.15) is 17.1 Å². The van der Waals surface area contributed by atoms with Gasteiger partial charge < -0.3 is 25.7 Å². The van der Waals surface area contributed by atoms with E-state index in [2.05, 4.69) is 36.6 Å². The Bertz CT molecular complexity index is 1070. The van der Waals surface area contributed by atoms with E-state index in [4.69, 9.17) is 5.11 Å². The van der Waals surface area contributed by atoms with E-state index in [1.165, 1.54) is 17.8 Å². The molecule has 16 heteroatoms. The summed E-state index contributed by atoms with van der Waals surface area (Å²) in [4.78, 5) is 67.7. The smallest absolute Gasteiger partial charge is 0.352 e. The average Bonchev–Trinajstić information content (AvgIpc) is 3.21. The minimum absolute atomic E-state index is 0.0376. The Labute approximate surface area is 187 Å². The number of aliphatic carboxylic acids is 2. The van der Waals surface area contributed by atoms with Gasteiger partial charge in [0, 0.05) is 17.3 Å². The van der Waals surface area contributed by atoms with Crippen LogP contribution in [0.2, 0.25) is 0 Å². The molecule has 0 bridgehead atoms. The summed E-state index contributed by atoms with van der Waals surface area (Å²) in [5.41, 5.74) is -0.360. The molecule has 4 N–H and O–H groups in total. The summed E-state index contributed by atoms with van der Waals surface area (Å²) < 4.78 is 3.86. The normalized spacial score (nSPS) is 20.1. The predicted octanol–water partition coefficient (Wildman–Crippen LogP) is -1.16. The molecule has 0 saturated carbocycles. The van der Waals surface area contributed by atoms with Crippen LogP contribution in [0.25, 0.3) is 0 Å². The van der Waals surface area contributed by atoms with Crippen LogP contribution >= 0.6 is 23.3 Å². The zero-order valence-electron chi connectivity index (χ0n) is 15.9. The third-order valence-electron chi connectivity index (χ3n) is 4.11. The number of nitrogens with one attached hydrogen (secondary N) is 2. The van der Waals surface area contributed by atoms with Gasteiger partial charge in [-0.25, -0.2) is 9.59 Å². The first-order chi connectivity index (χ1) is 15.3. The van der Waals surface area contributed by atoms with Crippen molar-refractivity contribution in [2.75, 3.05) is 17.7 Å². The van der Waals surface area contributed by atoms with E-state index < -0.39 is 47.5 Å². The number of oxime groups is 1. The second kappa shape index (κ2) is 9.56. The molecule has 32 heavy (non-hydrogen) atoms. The van der Waals surface area contributed by atoms with Crippen LogP contribution in [0.3, 0.4) is 0 Å². The van der Waals surface area contributed by atoms with E-state index in [0.717, 1.165) is 16.4 Å². The number of fused-ring (bicyclic) bond motifs is 1. The Morgan fingerprint density at radius 2 is 2.12 bits per heavy atom. The van der Waals surface area contributed by atoms with E-state index in [1.54, 1.807) is 0 Å². The lowest BCUT2D eigenvalue weighted by molar-refractivity contribution is -0.150. The van der Waals surface area contributed by atoms with Crippen molar-refractivity contribution in [3.63, 3.8) is 0 Å². The van der Waals surface area contributed by atoms with Crippen molar-refractivity contribution >= 4 is 64.3 Å². The Balaban J connectivity index is 1.81. The predicted molar refractivity (Wildman–Crippen MR) is 110 cm³/mol. The van der Waals surface area contributed by atoms with Gasteiger partial charge in [-0.2, -0.15) is 9.36 Å². The minimum Gasteiger partial charge on any atom is -0.479 e. The summed E-state index contributed by atoms with van der Waals surface area (Å²) in [6.07, 6.45) is 1.70. The Morgan fingerprint density at radius 1 is 1.38 bits per heavy atom. The zero-order valence-corrected chi connectivity index (χ0v) is 17.5. The molecule has 0 aliphatic carbocycles. The zero-order chi connectivity index (χ0) is 23.4. The first kappa shape index (κ1) is 22.9. The van der Waals surface area contributed by atoms with E-state index in [9.17, 15) is 29.1 Å². The number of carboxylic acids is 2. The molecule has 3 rings (SSSR count). The fourth-order valence-electron chi connectivity index (χ4n) is 2.77. The van der Waals surface area contributed by atoms with Gasteiger partial charge in [-0.05, 0) is 5.57 Å². The molecule has 1 aromatic heterocycles. The molecule has 3 amide bonds. The fraction of sp³-hybridized carbons (Fsp3) is 0.250. The van der Waals surface area contributed by atoms with E-state index in [1.807, 2.05) is 0 Å². The number of allylic oxidation sites excluding steroid dienone is 1. The molecule has 2 aliphatic rings. The molecular weight excluding hydrogens is 468 g/mol. The second-order valence-corrected chi connectivity index (χ2v) is 7.89. The van der Waals surface area contributed by atoms with Gasteiger partial charge in [-0.15, -0.1) is 11.8 Å². The monoisotopic (exact) mass is 482 g/mol. The first-order valence-electron chi connectivity index (χ1n) is 8.58. The maximum atomic E-state index is 12.8. The lowest BCUT2D eigenvalue weighted by atomic mass is 10.0. The highest BCUT2D eigenvalue weighted by molar-refractivity contribution is 8.00. The number of rotatable bonds is 10. The van der Waals surface area contributed by atoms with Crippen molar-refractivity contribution in [3.05, 3.63) is 29.7 Å². The summed E-state index contributed by atoms with van der Waals surface area (Å²) in [5.74, 6) is -4.27. The van der Waals surface area contributed by atoms with Crippen LogP contribution in [0.15, 0.2) is 29.1 Å². The minimum atomic E-state index is -1.35. The summed E-state index contributed by atoms with van der Waals surface area (Å²) in [6.45, 7) is 2.70. The van der Waals surface area contributed by atoms with Crippen LogP contribution in [0.4, 0.5) is 5.13 Å². The molecule has 1 saturated heterocycles. The molecule has 0 spiro atoms. The summed E-state index contributed by atoms with van der Waals surface area (Å²) in [7, 11) is 0. The number of nitrogens with zero attached hydrogens (tertiary/aromatic N) is 4. The quantitative estimate of drug-likeness (QED) is 0.136. The molecule has 168 valence electrons. The van der Waals surface area contributed by atoms with Gasteiger partial charge in [0.2, 0.25) is 29.7 Å². The Kier molecular flexibility index (Phi) is 6.84. The highest BCUT2D eigenvalue weighted by Gasteiger charge is 2.54. The molecule has 1 fully saturated rings. The molecule has 1 unspecified atom stereocenters. The van der Waals surface area contributed by atoms with E-state index >= 15 is 0 Å². The van der Waals surface area contributed by atoms with Crippen LogP contribution in [0.5, 0.6) is 0 Å². The highest BCUT2D eigenvalue weighted by atomic mass is 32.2. The van der Waals surface area contributed by atoms with Crippen LogP contribution in [-0.2, 0) is 28.8 Å². The van der Waals surface area contributed by atoms with E-state index in [0.29, 0.717) is 12.0 Å². The maximum Gasteiger partial charge on any atom is 0.352 e. The number of carboxylic acid groups (broad SMARTS) is 2. The standard InChI is InChI=1S/C16H14N6O8S2/c1-2-6-4-31-14-9(13(27)22(14)10(6)15(28)29)18-12(26)8(20-30-3-7(24)25)11-19-16(17-5-23)32-21-11/h2,5,9,14H,1,3-4H2,(H,18,26)(H,24,25)(H,28,29)(H,17,19,21,23)/t9?,14-/m1/s1. The average molecular weight is 482 g/mol. The molecule has 0 aromatic carbocycles. The fourth-order valence-corrected chi connectivity index (χ4v) is 4.64. The van der Waals surface area contributed by atoms with Gasteiger partial charge in [0.15, 0.2) is 0 Å². The molecule has 3 heterocycles. The number of hydrogen-bond donors (Lipinski definition) is 4. The largest absolute Gasteiger partial charge is 0.479 e. The number of aromatic nitrogens is 2. The maximum absolute atomic E-state index is 12.8. The van der Waals surface area contributed by atoms with Crippen molar-refractivity contribution in [1.82, 2.24) is 19.6 Å². The summed E-state index contributed by atoms with van der Waals surface area (Å²) in [6, 6.07) is -1.08. The van der Waals surface area contributed by atoms with Crippen molar-refractivity contribution in [2.45, 2.75) is 11.4 Å². The number of amides is 3. The molecular formula is C16H14N6O8S2. The molecule has 1 aromatic rings. The van der Waals surface area contributed by atoms with Gasteiger partial charge in [-0.3, -0.25) is 19.3 Å². The molecule has 2 atom stereocenters. The second-order valence-electron chi connectivity index (χ2n) is 6.04. The number of carbonyl (C=O) groups excluding carboxylic acids is 3. The third-order valence-corrected chi connectivity index (χ3v) is 6.06. The molecule has 0 radical (unpaired) electrons. The first-order valence-corrected chi connectivity index (χ1v) is 10.4.